The molecule has 9 heteroatoms. The number of nitrogens with zero attached hydrogens (tertiary/aromatic N) is 2. The molecule has 0 aliphatic heterocycles. The summed E-state index contributed by atoms with van der Waals surface area (Å²) in [7, 11) is -2.20. The summed E-state index contributed by atoms with van der Waals surface area (Å²) >= 11 is 0. The standard InChI is InChI=1S/C25H27F3N2O3S/c1-23(2,3)33-22(31)30-18-15-11-10-14-17(18)19(20(30)16-12-8-7-9-13-16)21(25(26,27)28)29-34(32)24(4,5)6/h7-15H,1-6H3/b29-21-. The van der Waals surface area contributed by atoms with Gasteiger partial charge in [0.2, 0.25) is 0 Å². The molecule has 0 saturated carbocycles. The van der Waals surface area contributed by atoms with Crippen LogP contribution >= 0.6 is 0 Å². The van der Waals surface area contributed by atoms with E-state index in [1.807, 2.05) is 0 Å². The van der Waals surface area contributed by atoms with Gasteiger partial charge in [-0.25, -0.2) is 13.6 Å². The summed E-state index contributed by atoms with van der Waals surface area (Å²) in [5, 5.41) is 0.147. The van der Waals surface area contributed by atoms with Gasteiger partial charge in [-0.1, -0.05) is 48.5 Å². The largest absolute Gasteiger partial charge is 0.443 e. The molecular weight excluding hydrogens is 465 g/mol. The summed E-state index contributed by atoms with van der Waals surface area (Å²) in [5.41, 5.74) is -1.96. The number of carbonyl (C=O) groups excluding carboxylic acids is 1. The van der Waals surface area contributed by atoms with Gasteiger partial charge in [0, 0.05) is 10.9 Å². The van der Waals surface area contributed by atoms with E-state index >= 15 is 0 Å². The summed E-state index contributed by atoms with van der Waals surface area (Å²) in [6.45, 7) is 9.66. The number of aromatic nitrogens is 1. The van der Waals surface area contributed by atoms with Gasteiger partial charge in [-0.15, -0.1) is 0 Å². The fraction of sp³-hybridized carbons (Fsp3) is 0.360. The van der Waals surface area contributed by atoms with E-state index in [0.717, 1.165) is 4.57 Å². The molecule has 0 N–H and O–H groups in total. The number of rotatable bonds is 3. The van der Waals surface area contributed by atoms with Crippen LogP contribution in [0, 0.1) is 0 Å². The molecule has 182 valence electrons. The molecule has 1 atom stereocenters. The first-order valence-electron chi connectivity index (χ1n) is 10.6. The van der Waals surface area contributed by atoms with Crippen molar-refractivity contribution in [1.82, 2.24) is 4.57 Å². The SMILES string of the molecule is CC(C)(C)OC(=O)n1c(-c2ccccc2)c(/C(=N/S(=O)C(C)(C)C)C(F)(F)F)c2ccccc21. The second kappa shape index (κ2) is 9.02. The van der Waals surface area contributed by atoms with E-state index in [2.05, 4.69) is 4.40 Å². The highest BCUT2D eigenvalue weighted by atomic mass is 32.2. The summed E-state index contributed by atoms with van der Waals surface area (Å²) in [5.74, 6) is 0. The first-order chi connectivity index (χ1) is 15.6. The Labute approximate surface area is 199 Å². The number of ether oxygens (including phenoxy) is 1. The van der Waals surface area contributed by atoms with Gasteiger partial charge in [-0.3, -0.25) is 0 Å². The van der Waals surface area contributed by atoms with Crippen molar-refractivity contribution in [1.29, 1.82) is 0 Å². The Balaban J connectivity index is 2.50. The molecule has 1 unspecified atom stereocenters. The van der Waals surface area contributed by atoms with Crippen molar-refractivity contribution in [3.05, 3.63) is 60.2 Å². The number of hydrogen-bond donors (Lipinski definition) is 0. The third kappa shape index (κ3) is 5.41. The lowest BCUT2D eigenvalue weighted by Crippen LogP contribution is -2.30. The zero-order chi connectivity index (χ0) is 25.5. The molecule has 2 aromatic carbocycles. The summed E-state index contributed by atoms with van der Waals surface area (Å²) in [4.78, 5) is 13.3. The predicted molar refractivity (Wildman–Crippen MR) is 129 cm³/mol. The first kappa shape index (κ1) is 25.7. The lowest BCUT2D eigenvalue weighted by Gasteiger charge is -2.21. The molecule has 0 aliphatic rings. The zero-order valence-corrected chi connectivity index (χ0v) is 20.7. The Kier molecular flexibility index (Phi) is 6.81. The van der Waals surface area contributed by atoms with Gasteiger partial charge in [-0.05, 0) is 53.2 Å². The fourth-order valence-corrected chi connectivity index (χ4v) is 3.94. The quantitative estimate of drug-likeness (QED) is 0.374. The van der Waals surface area contributed by atoms with E-state index < -0.39 is 39.3 Å². The second-order valence-electron chi connectivity index (χ2n) is 9.72. The van der Waals surface area contributed by atoms with Crippen molar-refractivity contribution in [3.8, 4) is 11.3 Å². The van der Waals surface area contributed by atoms with Crippen LogP contribution in [-0.4, -0.2) is 37.1 Å². The van der Waals surface area contributed by atoms with Crippen molar-refractivity contribution >= 4 is 33.7 Å². The molecule has 0 spiro atoms. The minimum absolute atomic E-state index is 0.0296. The minimum atomic E-state index is -4.94. The fourth-order valence-electron chi connectivity index (χ4n) is 3.31. The highest BCUT2D eigenvalue weighted by Crippen LogP contribution is 2.39. The maximum absolute atomic E-state index is 14.5. The van der Waals surface area contributed by atoms with Crippen molar-refractivity contribution in [2.75, 3.05) is 0 Å². The first-order valence-corrected chi connectivity index (χ1v) is 11.7. The van der Waals surface area contributed by atoms with Crippen molar-refractivity contribution in [2.45, 2.75) is 58.1 Å². The van der Waals surface area contributed by atoms with E-state index in [9.17, 15) is 22.2 Å². The Morgan fingerprint density at radius 1 is 0.912 bits per heavy atom. The number of fused-ring (bicyclic) bond motifs is 1. The Hall–Kier alpha value is -2.94. The van der Waals surface area contributed by atoms with Gasteiger partial charge in [0.1, 0.15) is 16.6 Å². The van der Waals surface area contributed by atoms with Crippen LogP contribution < -0.4 is 0 Å². The van der Waals surface area contributed by atoms with Gasteiger partial charge in [0.15, 0.2) is 5.71 Å². The van der Waals surface area contributed by atoms with Gasteiger partial charge in [0.25, 0.3) is 0 Å². The molecule has 34 heavy (non-hydrogen) atoms. The Morgan fingerprint density at radius 3 is 2.00 bits per heavy atom. The van der Waals surface area contributed by atoms with E-state index in [1.54, 1.807) is 90.1 Å². The number of carbonyl (C=O) groups is 1. The topological polar surface area (TPSA) is 60.7 Å². The molecule has 0 amide bonds. The average Bonchev–Trinajstić information content (AvgIpc) is 3.04. The van der Waals surface area contributed by atoms with Crippen LogP contribution in [0.25, 0.3) is 22.2 Å². The van der Waals surface area contributed by atoms with Crippen molar-refractivity contribution in [2.24, 2.45) is 4.40 Å². The molecule has 0 bridgehead atoms. The van der Waals surface area contributed by atoms with E-state index in [0.29, 0.717) is 5.56 Å². The Bertz CT molecular complexity index is 1260. The average molecular weight is 493 g/mol. The third-order valence-electron chi connectivity index (χ3n) is 4.70. The van der Waals surface area contributed by atoms with Gasteiger partial charge < -0.3 is 4.74 Å². The molecule has 1 heterocycles. The molecule has 0 saturated heterocycles. The molecule has 3 aromatic rings. The van der Waals surface area contributed by atoms with Gasteiger partial charge >= 0.3 is 12.3 Å². The van der Waals surface area contributed by atoms with Crippen LogP contribution in [0.5, 0.6) is 0 Å². The molecule has 0 aliphatic carbocycles. The summed E-state index contributed by atoms with van der Waals surface area (Å²) in [6, 6.07) is 14.5. The molecule has 3 rings (SSSR count). The molecular formula is C25H27F3N2O3S. The highest BCUT2D eigenvalue weighted by Gasteiger charge is 2.43. The van der Waals surface area contributed by atoms with Gasteiger partial charge in [-0.2, -0.15) is 17.6 Å². The van der Waals surface area contributed by atoms with Crippen molar-refractivity contribution in [3.63, 3.8) is 0 Å². The Morgan fingerprint density at radius 2 is 1.47 bits per heavy atom. The number of benzene rings is 2. The number of halogens is 3. The van der Waals surface area contributed by atoms with E-state index in [4.69, 9.17) is 4.74 Å². The number of hydrogen-bond acceptors (Lipinski definition) is 3. The maximum atomic E-state index is 14.5. The van der Waals surface area contributed by atoms with E-state index in [-0.39, 0.29) is 22.2 Å². The number of para-hydroxylation sites is 1. The normalized spacial score (nSPS) is 14.3. The van der Waals surface area contributed by atoms with Crippen LogP contribution in [0.2, 0.25) is 0 Å². The maximum Gasteiger partial charge on any atom is 0.434 e. The van der Waals surface area contributed by atoms with Crippen LogP contribution in [0.15, 0.2) is 59.0 Å². The number of alkyl halides is 3. The monoisotopic (exact) mass is 492 g/mol. The van der Waals surface area contributed by atoms with Gasteiger partial charge in [0.05, 0.1) is 16.0 Å². The third-order valence-corrected chi connectivity index (χ3v) is 6.10. The summed E-state index contributed by atoms with van der Waals surface area (Å²) in [6.07, 6.45) is -5.76. The van der Waals surface area contributed by atoms with Crippen LogP contribution in [0.3, 0.4) is 0 Å². The molecule has 0 radical (unpaired) electrons. The summed E-state index contributed by atoms with van der Waals surface area (Å²) < 4.78 is 65.5. The van der Waals surface area contributed by atoms with Crippen molar-refractivity contribution < 1.29 is 26.9 Å². The smallest absolute Gasteiger partial charge is 0.434 e. The highest BCUT2D eigenvalue weighted by molar-refractivity contribution is 7.85. The predicted octanol–water partition coefficient (Wildman–Crippen LogP) is 6.91. The second-order valence-corrected chi connectivity index (χ2v) is 11.6. The molecule has 1 aromatic heterocycles. The molecule has 0 fully saturated rings. The van der Waals surface area contributed by atoms with E-state index in [1.165, 1.54) is 6.07 Å². The zero-order valence-electron chi connectivity index (χ0n) is 19.9. The van der Waals surface area contributed by atoms with Crippen LogP contribution in [-0.2, 0) is 15.7 Å². The lowest BCUT2D eigenvalue weighted by molar-refractivity contribution is -0.0577. The molecule has 5 nitrogen and oxygen atoms in total. The van der Waals surface area contributed by atoms with Crippen LogP contribution in [0.4, 0.5) is 18.0 Å². The minimum Gasteiger partial charge on any atom is -0.443 e. The van der Waals surface area contributed by atoms with Crippen LogP contribution in [0.1, 0.15) is 47.1 Å². The lowest BCUT2D eigenvalue weighted by atomic mass is 10.0.